The molecular formula is C13H11ClN2O3S. The summed E-state index contributed by atoms with van der Waals surface area (Å²) in [6, 6.07) is 1.80. The average molecular weight is 311 g/mol. The Kier molecular flexibility index (Phi) is 4.36. The molecule has 0 bridgehead atoms. The molecule has 20 heavy (non-hydrogen) atoms. The summed E-state index contributed by atoms with van der Waals surface area (Å²) in [7, 11) is 0. The first-order chi connectivity index (χ1) is 9.45. The minimum Gasteiger partial charge on any atom is -0.481 e. The van der Waals surface area contributed by atoms with Gasteiger partial charge in [-0.1, -0.05) is 11.6 Å². The monoisotopic (exact) mass is 310 g/mol. The van der Waals surface area contributed by atoms with Crippen LogP contribution in [0.2, 0.25) is 5.02 Å². The third-order valence-corrected chi connectivity index (χ3v) is 3.81. The number of aliphatic carboxylic acids is 1. The number of aromatic nitrogens is 2. The molecule has 2 heterocycles. The Balaban J connectivity index is 2.28. The molecule has 0 aliphatic heterocycles. The molecule has 2 aromatic heterocycles. The Hall–Kier alpha value is -1.92. The number of aryl methyl sites for hydroxylation is 1. The van der Waals surface area contributed by atoms with Crippen LogP contribution < -0.4 is 5.56 Å². The zero-order chi connectivity index (χ0) is 14.7. The minimum atomic E-state index is -1.06. The lowest BCUT2D eigenvalue weighted by atomic mass is 10.2. The zero-order valence-corrected chi connectivity index (χ0v) is 12.1. The van der Waals surface area contributed by atoms with Crippen LogP contribution in [0.1, 0.15) is 22.0 Å². The van der Waals surface area contributed by atoms with Gasteiger partial charge in [-0.25, -0.2) is 4.98 Å². The number of thiophene rings is 1. The van der Waals surface area contributed by atoms with E-state index >= 15 is 0 Å². The molecule has 104 valence electrons. The fourth-order valence-corrected chi connectivity index (χ4v) is 2.62. The van der Waals surface area contributed by atoms with Crippen molar-refractivity contribution in [3.63, 3.8) is 0 Å². The smallest absolute Gasteiger partial charge is 0.308 e. The summed E-state index contributed by atoms with van der Waals surface area (Å²) >= 11 is 7.28. The number of carboxylic acid groups (broad SMARTS) is 1. The van der Waals surface area contributed by atoms with E-state index in [1.165, 1.54) is 11.3 Å². The summed E-state index contributed by atoms with van der Waals surface area (Å²) in [4.78, 5) is 30.1. The van der Waals surface area contributed by atoms with Gasteiger partial charge in [-0.3, -0.25) is 9.59 Å². The first-order valence-electron chi connectivity index (χ1n) is 5.69. The van der Waals surface area contributed by atoms with Crippen molar-refractivity contribution in [2.45, 2.75) is 13.3 Å². The summed E-state index contributed by atoms with van der Waals surface area (Å²) in [6.45, 7) is 1.62. The van der Waals surface area contributed by atoms with Crippen LogP contribution in [0.25, 0.3) is 12.2 Å². The van der Waals surface area contributed by atoms with E-state index < -0.39 is 11.5 Å². The molecule has 5 nitrogen and oxygen atoms in total. The van der Waals surface area contributed by atoms with Gasteiger partial charge in [0, 0.05) is 21.5 Å². The Morgan fingerprint density at radius 2 is 2.30 bits per heavy atom. The highest BCUT2D eigenvalue weighted by atomic mass is 35.5. The third kappa shape index (κ3) is 3.55. The van der Waals surface area contributed by atoms with Crippen molar-refractivity contribution < 1.29 is 9.90 Å². The molecule has 0 saturated carbocycles. The zero-order valence-electron chi connectivity index (χ0n) is 10.5. The average Bonchev–Trinajstić information content (AvgIpc) is 2.77. The number of rotatable bonds is 4. The molecule has 0 spiro atoms. The Morgan fingerprint density at radius 1 is 1.55 bits per heavy atom. The van der Waals surface area contributed by atoms with Gasteiger partial charge in [0.25, 0.3) is 5.56 Å². The van der Waals surface area contributed by atoms with Gasteiger partial charge in [0.2, 0.25) is 0 Å². The second-order valence-corrected chi connectivity index (χ2v) is 5.47. The number of halogens is 1. The van der Waals surface area contributed by atoms with Crippen LogP contribution in [0.3, 0.4) is 0 Å². The summed E-state index contributed by atoms with van der Waals surface area (Å²) < 4.78 is 0. The van der Waals surface area contributed by atoms with Gasteiger partial charge in [0.1, 0.15) is 5.82 Å². The van der Waals surface area contributed by atoms with E-state index in [4.69, 9.17) is 16.7 Å². The van der Waals surface area contributed by atoms with Gasteiger partial charge in [-0.15, -0.1) is 11.3 Å². The van der Waals surface area contributed by atoms with Gasteiger partial charge in [0.05, 0.1) is 11.4 Å². The molecule has 2 N–H and O–H groups in total. The van der Waals surface area contributed by atoms with Crippen molar-refractivity contribution in [2.75, 3.05) is 0 Å². The molecule has 0 fully saturated rings. The molecular weight excluding hydrogens is 300 g/mol. The second kappa shape index (κ2) is 6.02. The number of H-pyrrole nitrogens is 1. The first kappa shape index (κ1) is 14.5. The van der Waals surface area contributed by atoms with Crippen LogP contribution in [0, 0.1) is 6.92 Å². The Labute approximate surface area is 123 Å². The van der Waals surface area contributed by atoms with E-state index in [2.05, 4.69) is 9.97 Å². The van der Waals surface area contributed by atoms with E-state index in [0.717, 1.165) is 4.88 Å². The topological polar surface area (TPSA) is 83.0 Å². The normalized spacial score (nSPS) is 11.1. The van der Waals surface area contributed by atoms with Crippen molar-refractivity contribution in [1.29, 1.82) is 0 Å². The summed E-state index contributed by atoms with van der Waals surface area (Å²) in [5.41, 5.74) is 0.164. The highest BCUT2D eigenvalue weighted by Crippen LogP contribution is 2.20. The number of nitrogens with one attached hydrogen (secondary N) is 1. The van der Waals surface area contributed by atoms with Gasteiger partial charge >= 0.3 is 5.97 Å². The molecule has 0 aliphatic carbocycles. The second-order valence-electron chi connectivity index (χ2n) is 4.09. The van der Waals surface area contributed by atoms with E-state index in [0.29, 0.717) is 16.5 Å². The van der Waals surface area contributed by atoms with Crippen LogP contribution in [0.4, 0.5) is 0 Å². The van der Waals surface area contributed by atoms with E-state index in [9.17, 15) is 9.59 Å². The highest BCUT2D eigenvalue weighted by molar-refractivity contribution is 7.11. The molecule has 0 aliphatic rings. The number of aromatic amines is 1. The van der Waals surface area contributed by atoms with Gasteiger partial charge in [-0.2, -0.15) is 0 Å². The highest BCUT2D eigenvalue weighted by Gasteiger charge is 2.10. The molecule has 0 radical (unpaired) electrons. The molecule has 2 rings (SSSR count). The maximum atomic E-state index is 11.8. The molecule has 0 unspecified atom stereocenters. The van der Waals surface area contributed by atoms with Gasteiger partial charge in [0.15, 0.2) is 0 Å². The quantitative estimate of drug-likeness (QED) is 0.909. The van der Waals surface area contributed by atoms with Crippen LogP contribution in [-0.4, -0.2) is 21.0 Å². The molecule has 0 atom stereocenters. The standard InChI is InChI=1S/C13H11ClN2O3S/c1-7-10(5-12(17)18)13(19)16-11(15-7)3-2-9-4-8(14)6-20-9/h2-4,6H,5H2,1H3,(H,17,18)(H,15,16,19)/b3-2+. The van der Waals surface area contributed by atoms with Crippen molar-refractivity contribution in [1.82, 2.24) is 9.97 Å². The minimum absolute atomic E-state index is 0.175. The molecule has 7 heteroatoms. The lowest BCUT2D eigenvalue weighted by molar-refractivity contribution is -0.136. The Morgan fingerprint density at radius 3 is 2.85 bits per heavy atom. The lowest BCUT2D eigenvalue weighted by Gasteiger charge is -2.02. The Bertz CT molecular complexity index is 733. The van der Waals surface area contributed by atoms with Crippen LogP contribution in [0.15, 0.2) is 16.2 Å². The predicted octanol–water partition coefficient (Wildman–Crippen LogP) is 2.59. The number of nitrogens with zero attached hydrogens (tertiary/aromatic N) is 1. The van der Waals surface area contributed by atoms with Gasteiger partial charge < -0.3 is 10.1 Å². The van der Waals surface area contributed by atoms with Gasteiger partial charge in [-0.05, 0) is 25.1 Å². The molecule has 0 amide bonds. The van der Waals surface area contributed by atoms with Crippen LogP contribution in [0.5, 0.6) is 0 Å². The maximum absolute atomic E-state index is 11.8. The molecule has 0 saturated heterocycles. The SMILES string of the molecule is Cc1nc(/C=C/c2cc(Cl)cs2)[nH]c(=O)c1CC(=O)O. The third-order valence-electron chi connectivity index (χ3n) is 2.56. The van der Waals surface area contributed by atoms with Crippen LogP contribution in [-0.2, 0) is 11.2 Å². The summed E-state index contributed by atoms with van der Waals surface area (Å²) in [5.74, 6) is -0.678. The largest absolute Gasteiger partial charge is 0.481 e. The van der Waals surface area contributed by atoms with E-state index in [1.54, 1.807) is 30.5 Å². The van der Waals surface area contributed by atoms with Crippen molar-refractivity contribution in [3.05, 3.63) is 48.8 Å². The van der Waals surface area contributed by atoms with Crippen molar-refractivity contribution >= 4 is 41.1 Å². The summed E-state index contributed by atoms with van der Waals surface area (Å²) in [6.07, 6.45) is 3.10. The number of hydrogen-bond donors (Lipinski definition) is 2. The summed E-state index contributed by atoms with van der Waals surface area (Å²) in [5, 5.41) is 11.2. The molecule has 2 aromatic rings. The lowest BCUT2D eigenvalue weighted by Crippen LogP contribution is -2.20. The first-order valence-corrected chi connectivity index (χ1v) is 6.95. The van der Waals surface area contributed by atoms with Crippen molar-refractivity contribution in [3.8, 4) is 0 Å². The maximum Gasteiger partial charge on any atom is 0.308 e. The van der Waals surface area contributed by atoms with Crippen LogP contribution >= 0.6 is 22.9 Å². The number of carbonyl (C=O) groups is 1. The number of carboxylic acids is 1. The molecule has 0 aromatic carbocycles. The number of hydrogen-bond acceptors (Lipinski definition) is 4. The fourth-order valence-electron chi connectivity index (χ4n) is 1.65. The predicted molar refractivity (Wildman–Crippen MR) is 79.2 cm³/mol. The van der Waals surface area contributed by atoms with Crippen molar-refractivity contribution in [2.24, 2.45) is 0 Å². The fraction of sp³-hybridized carbons (Fsp3) is 0.154. The van der Waals surface area contributed by atoms with E-state index in [-0.39, 0.29) is 12.0 Å². The van der Waals surface area contributed by atoms with E-state index in [1.807, 2.05) is 0 Å².